The molecule has 6 heteroatoms. The summed E-state index contributed by atoms with van der Waals surface area (Å²) in [7, 11) is 3.00. The molecule has 0 amide bonds. The zero-order valence-electron chi connectivity index (χ0n) is 5.64. The second kappa shape index (κ2) is 6.49. The third-order valence-electron chi connectivity index (χ3n) is 1.09. The monoisotopic (exact) mass is 200 g/mol. The molecule has 1 rings (SSSR count). The van der Waals surface area contributed by atoms with Crippen LogP contribution in [0.15, 0.2) is 0 Å². The van der Waals surface area contributed by atoms with E-state index < -0.39 is 0 Å². The molecule has 0 saturated carbocycles. The standard InChI is InChI=1S/C4H8O2Si4/c1-2-4-7-9-6-10-8-5-3-1/h1-4H2. The van der Waals surface area contributed by atoms with Crippen molar-refractivity contribution in [1.29, 1.82) is 0 Å². The molecule has 0 aromatic rings. The van der Waals surface area contributed by atoms with E-state index in [4.69, 9.17) is 8.54 Å². The Morgan fingerprint density at radius 2 is 2.00 bits per heavy atom. The third-order valence-corrected chi connectivity index (χ3v) is 6.79. The second-order valence-corrected chi connectivity index (χ2v) is 7.36. The molecule has 2 nitrogen and oxygen atoms in total. The maximum absolute atomic E-state index is 5.37. The van der Waals surface area contributed by atoms with Crippen LogP contribution in [0, 0.1) is 0 Å². The summed E-state index contributed by atoms with van der Waals surface area (Å²) < 4.78 is 10.7. The van der Waals surface area contributed by atoms with Gasteiger partial charge in [-0.25, -0.2) is 0 Å². The number of rotatable bonds is 0. The van der Waals surface area contributed by atoms with Crippen LogP contribution in [0.3, 0.4) is 0 Å². The van der Waals surface area contributed by atoms with Crippen LogP contribution < -0.4 is 0 Å². The summed E-state index contributed by atoms with van der Waals surface area (Å²) >= 11 is 0. The predicted octanol–water partition coefficient (Wildman–Crippen LogP) is -0.377. The van der Waals surface area contributed by atoms with E-state index in [2.05, 4.69) is 0 Å². The number of hydrogen-bond donors (Lipinski definition) is 0. The van der Waals surface area contributed by atoms with Gasteiger partial charge in [-0.3, -0.25) is 0 Å². The molecular weight excluding hydrogens is 192 g/mol. The quantitative estimate of drug-likeness (QED) is 0.497. The average molecular weight is 200 g/mol. The van der Waals surface area contributed by atoms with Crippen molar-refractivity contribution in [3.63, 3.8) is 0 Å². The van der Waals surface area contributed by atoms with Crippen LogP contribution in [-0.4, -0.2) is 43.5 Å². The average Bonchev–Trinajstić information content (AvgIpc) is 2.01. The Bertz CT molecular complexity index is 48.4. The van der Waals surface area contributed by atoms with Gasteiger partial charge in [-0.05, 0) is 6.42 Å². The van der Waals surface area contributed by atoms with Crippen LogP contribution in [0.5, 0.6) is 0 Å². The van der Waals surface area contributed by atoms with Crippen molar-refractivity contribution in [2.45, 2.75) is 18.9 Å². The molecule has 52 valence electrons. The fraction of sp³-hybridized carbons (Fsp3) is 1.00. The normalized spacial score (nSPS) is 24.0. The zero-order valence-corrected chi connectivity index (χ0v) is 9.64. The molecule has 0 aromatic heterocycles. The lowest BCUT2D eigenvalue weighted by Gasteiger charge is -2.05. The molecule has 0 aliphatic carbocycles. The van der Waals surface area contributed by atoms with E-state index in [1.165, 1.54) is 18.9 Å². The van der Waals surface area contributed by atoms with E-state index in [-0.39, 0.29) is 0 Å². The molecule has 8 radical (unpaired) electrons. The molecule has 1 saturated heterocycles. The van der Waals surface area contributed by atoms with E-state index in [1.54, 1.807) is 0 Å². The maximum atomic E-state index is 5.37. The van der Waals surface area contributed by atoms with Gasteiger partial charge < -0.3 is 8.54 Å². The lowest BCUT2D eigenvalue weighted by molar-refractivity contribution is 0.332. The summed E-state index contributed by atoms with van der Waals surface area (Å²) in [5.41, 5.74) is 0. The minimum absolute atomic E-state index is 0.600. The van der Waals surface area contributed by atoms with Gasteiger partial charge in [-0.2, -0.15) is 0 Å². The van der Waals surface area contributed by atoms with E-state index in [0.717, 1.165) is 24.9 Å². The highest BCUT2D eigenvalue weighted by Crippen LogP contribution is 1.95. The van der Waals surface area contributed by atoms with Crippen molar-refractivity contribution in [3.8, 4) is 0 Å². The Morgan fingerprint density at radius 3 is 3.00 bits per heavy atom. The Balaban J connectivity index is 2.00. The first kappa shape index (κ1) is 8.88. The van der Waals surface area contributed by atoms with Crippen LogP contribution in [0.25, 0.3) is 0 Å². The van der Waals surface area contributed by atoms with Crippen LogP contribution >= 0.6 is 0 Å². The molecule has 0 aromatic carbocycles. The summed E-state index contributed by atoms with van der Waals surface area (Å²) in [4.78, 5) is 0. The second-order valence-electron chi connectivity index (χ2n) is 1.89. The number of hydrogen-bond acceptors (Lipinski definition) is 2. The fourth-order valence-corrected chi connectivity index (χ4v) is 6.28. The molecule has 0 atom stereocenters. The van der Waals surface area contributed by atoms with E-state index in [1.807, 2.05) is 0 Å². The predicted molar refractivity (Wildman–Crippen MR) is 44.1 cm³/mol. The smallest absolute Gasteiger partial charge is 0.244 e. The Kier molecular flexibility index (Phi) is 5.77. The molecule has 0 N–H and O–H groups in total. The zero-order chi connectivity index (χ0) is 7.07. The molecular formula is C4H8O2Si4. The van der Waals surface area contributed by atoms with Gasteiger partial charge in [0.05, 0.1) is 9.04 Å². The van der Waals surface area contributed by atoms with Crippen molar-refractivity contribution in [1.82, 2.24) is 0 Å². The van der Waals surface area contributed by atoms with Gasteiger partial charge in [-0.1, -0.05) is 12.5 Å². The largest absolute Gasteiger partial charge is 0.460 e. The molecule has 1 heterocycles. The Morgan fingerprint density at radius 1 is 1.00 bits per heavy atom. The van der Waals surface area contributed by atoms with Gasteiger partial charge in [0, 0.05) is 6.61 Å². The van der Waals surface area contributed by atoms with Gasteiger partial charge >= 0.3 is 0 Å². The Hall–Kier alpha value is 0.788. The van der Waals surface area contributed by atoms with Crippen molar-refractivity contribution in [2.24, 2.45) is 0 Å². The first-order valence-electron chi connectivity index (χ1n) is 3.25. The van der Waals surface area contributed by atoms with Crippen LogP contribution in [0.4, 0.5) is 0 Å². The van der Waals surface area contributed by atoms with Crippen molar-refractivity contribution in [3.05, 3.63) is 0 Å². The van der Waals surface area contributed by atoms with E-state index in [9.17, 15) is 0 Å². The lowest BCUT2D eigenvalue weighted by atomic mass is 10.4. The highest BCUT2D eigenvalue weighted by Gasteiger charge is 2.00. The van der Waals surface area contributed by atoms with E-state index >= 15 is 0 Å². The van der Waals surface area contributed by atoms with Gasteiger partial charge in [0.15, 0.2) is 9.28 Å². The minimum atomic E-state index is 0.600. The highest BCUT2D eigenvalue weighted by atomic mass is 29.2. The Labute approximate surface area is 71.3 Å². The topological polar surface area (TPSA) is 18.5 Å². The maximum Gasteiger partial charge on any atom is 0.244 e. The minimum Gasteiger partial charge on any atom is -0.460 e. The SMILES string of the molecule is C1CC[Si][Si]O[Si][Si]OC1. The van der Waals surface area contributed by atoms with Crippen LogP contribution in [0.1, 0.15) is 12.8 Å². The van der Waals surface area contributed by atoms with E-state index in [0.29, 0.717) is 18.6 Å². The summed E-state index contributed by atoms with van der Waals surface area (Å²) in [5, 5.41) is 0. The van der Waals surface area contributed by atoms with Crippen LogP contribution in [0.2, 0.25) is 6.04 Å². The third kappa shape index (κ3) is 4.58. The summed E-state index contributed by atoms with van der Waals surface area (Å²) in [6.45, 7) is 0.947. The van der Waals surface area contributed by atoms with Crippen molar-refractivity contribution < 1.29 is 8.54 Å². The molecule has 1 aliphatic heterocycles. The van der Waals surface area contributed by atoms with Gasteiger partial charge in [0.1, 0.15) is 0 Å². The molecule has 0 bridgehead atoms. The first-order valence-corrected chi connectivity index (χ1v) is 9.19. The van der Waals surface area contributed by atoms with Gasteiger partial charge in [0.2, 0.25) is 18.6 Å². The summed E-state index contributed by atoms with van der Waals surface area (Å²) in [6.07, 6.45) is 2.57. The fourth-order valence-electron chi connectivity index (χ4n) is 0.602. The first-order chi connectivity index (χ1) is 5.00. The lowest BCUT2D eigenvalue weighted by Crippen LogP contribution is -2.20. The highest BCUT2D eigenvalue weighted by molar-refractivity contribution is 7.03. The molecule has 0 spiro atoms. The summed E-state index contributed by atoms with van der Waals surface area (Å²) in [6, 6.07) is 1.34. The van der Waals surface area contributed by atoms with Crippen molar-refractivity contribution in [2.75, 3.05) is 6.61 Å². The van der Waals surface area contributed by atoms with Crippen molar-refractivity contribution >= 4 is 36.9 Å². The van der Waals surface area contributed by atoms with Gasteiger partial charge in [0.25, 0.3) is 0 Å². The van der Waals surface area contributed by atoms with Crippen LogP contribution in [-0.2, 0) is 8.54 Å². The molecule has 1 fully saturated rings. The summed E-state index contributed by atoms with van der Waals surface area (Å²) in [5.74, 6) is 0. The molecule has 10 heavy (non-hydrogen) atoms. The molecule has 1 aliphatic rings. The molecule has 0 unspecified atom stereocenters. The van der Waals surface area contributed by atoms with Gasteiger partial charge in [-0.15, -0.1) is 0 Å².